The molecule has 0 saturated heterocycles. The van der Waals surface area contributed by atoms with Crippen molar-refractivity contribution in [2.24, 2.45) is 11.7 Å². The Kier molecular flexibility index (Phi) is 6.81. The minimum atomic E-state index is 0.264. The summed E-state index contributed by atoms with van der Waals surface area (Å²) in [6.45, 7) is 7.27. The van der Waals surface area contributed by atoms with Gasteiger partial charge in [-0.3, -0.25) is 0 Å². The lowest BCUT2D eigenvalue weighted by atomic mass is 9.94. The zero-order valence-electron chi connectivity index (χ0n) is 12.0. The first-order valence-corrected chi connectivity index (χ1v) is 7.10. The van der Waals surface area contributed by atoms with Crippen LogP contribution >= 0.6 is 0 Å². The smallest absolute Gasteiger partial charge is 0.119 e. The second-order valence-electron chi connectivity index (χ2n) is 5.13. The van der Waals surface area contributed by atoms with Crippen LogP contribution in [0.3, 0.4) is 0 Å². The third kappa shape index (κ3) is 5.54. The van der Waals surface area contributed by atoms with Crippen molar-refractivity contribution in [3.05, 3.63) is 29.8 Å². The van der Waals surface area contributed by atoms with E-state index in [0.29, 0.717) is 6.61 Å². The molecule has 0 radical (unpaired) electrons. The fraction of sp³-hybridized carbons (Fsp3) is 0.625. The van der Waals surface area contributed by atoms with Gasteiger partial charge >= 0.3 is 0 Å². The minimum absolute atomic E-state index is 0.264. The maximum Gasteiger partial charge on any atom is 0.119 e. The van der Waals surface area contributed by atoms with Crippen LogP contribution in [0, 0.1) is 12.8 Å². The van der Waals surface area contributed by atoms with E-state index in [4.69, 9.17) is 10.5 Å². The Morgan fingerprint density at radius 1 is 1.22 bits per heavy atom. The Balaban J connectivity index is 2.25. The monoisotopic (exact) mass is 249 g/mol. The number of hydrogen-bond acceptors (Lipinski definition) is 2. The summed E-state index contributed by atoms with van der Waals surface area (Å²) in [7, 11) is 0. The van der Waals surface area contributed by atoms with Crippen LogP contribution < -0.4 is 10.5 Å². The van der Waals surface area contributed by atoms with E-state index in [9.17, 15) is 0 Å². The van der Waals surface area contributed by atoms with Gasteiger partial charge in [-0.25, -0.2) is 0 Å². The molecular weight excluding hydrogens is 222 g/mol. The van der Waals surface area contributed by atoms with Gasteiger partial charge in [0.1, 0.15) is 5.75 Å². The molecule has 1 rings (SSSR count). The molecule has 0 heterocycles. The summed E-state index contributed by atoms with van der Waals surface area (Å²) in [5.41, 5.74) is 7.37. The third-order valence-electron chi connectivity index (χ3n) is 3.54. The van der Waals surface area contributed by atoms with E-state index in [2.05, 4.69) is 32.9 Å². The first-order chi connectivity index (χ1) is 8.65. The molecule has 0 saturated carbocycles. The maximum absolute atomic E-state index is 6.14. The maximum atomic E-state index is 6.14. The van der Waals surface area contributed by atoms with Gasteiger partial charge < -0.3 is 10.5 Å². The van der Waals surface area contributed by atoms with Crippen molar-refractivity contribution in [3.8, 4) is 5.75 Å². The van der Waals surface area contributed by atoms with E-state index in [-0.39, 0.29) is 6.04 Å². The van der Waals surface area contributed by atoms with E-state index in [1.807, 2.05) is 12.1 Å². The molecule has 0 bridgehead atoms. The van der Waals surface area contributed by atoms with Crippen molar-refractivity contribution in [1.82, 2.24) is 0 Å². The average Bonchev–Trinajstić information content (AvgIpc) is 2.36. The van der Waals surface area contributed by atoms with Crippen molar-refractivity contribution in [2.45, 2.75) is 52.5 Å². The fourth-order valence-electron chi connectivity index (χ4n) is 2.20. The highest BCUT2D eigenvalue weighted by atomic mass is 16.5. The van der Waals surface area contributed by atoms with E-state index in [0.717, 1.165) is 24.5 Å². The molecule has 18 heavy (non-hydrogen) atoms. The van der Waals surface area contributed by atoms with E-state index < -0.39 is 0 Å². The van der Waals surface area contributed by atoms with E-state index >= 15 is 0 Å². The highest BCUT2D eigenvalue weighted by Crippen LogP contribution is 2.16. The minimum Gasteiger partial charge on any atom is -0.494 e. The van der Waals surface area contributed by atoms with E-state index in [1.54, 1.807) is 0 Å². The second kappa shape index (κ2) is 8.15. The SMILES string of the molecule is CCC(CC)CC(N)CCOc1cccc(C)c1. The van der Waals surface area contributed by atoms with Gasteiger partial charge in [-0.2, -0.15) is 0 Å². The van der Waals surface area contributed by atoms with Gasteiger partial charge in [0.05, 0.1) is 6.61 Å². The normalized spacial score (nSPS) is 12.7. The highest BCUT2D eigenvalue weighted by molar-refractivity contribution is 5.27. The predicted molar refractivity (Wildman–Crippen MR) is 78.0 cm³/mol. The fourth-order valence-corrected chi connectivity index (χ4v) is 2.20. The average molecular weight is 249 g/mol. The molecule has 2 heteroatoms. The summed E-state index contributed by atoms with van der Waals surface area (Å²) in [4.78, 5) is 0. The van der Waals surface area contributed by atoms with E-state index in [1.165, 1.54) is 18.4 Å². The van der Waals surface area contributed by atoms with Crippen LogP contribution in [0.4, 0.5) is 0 Å². The molecule has 2 N–H and O–H groups in total. The molecule has 0 spiro atoms. The standard InChI is InChI=1S/C16H27NO/c1-4-14(5-2)12-15(17)9-10-18-16-8-6-7-13(3)11-16/h6-8,11,14-15H,4-5,9-10,12,17H2,1-3H3. The lowest BCUT2D eigenvalue weighted by Gasteiger charge is -2.18. The highest BCUT2D eigenvalue weighted by Gasteiger charge is 2.10. The summed E-state index contributed by atoms with van der Waals surface area (Å²) in [6.07, 6.45) is 4.50. The summed E-state index contributed by atoms with van der Waals surface area (Å²) >= 11 is 0. The molecule has 1 aromatic rings. The van der Waals surface area contributed by atoms with Crippen molar-refractivity contribution >= 4 is 0 Å². The first-order valence-electron chi connectivity index (χ1n) is 7.10. The van der Waals surface area contributed by atoms with Crippen molar-refractivity contribution in [3.63, 3.8) is 0 Å². The van der Waals surface area contributed by atoms with Crippen LogP contribution in [0.1, 0.15) is 45.1 Å². The number of rotatable bonds is 8. The molecule has 0 aromatic heterocycles. The largest absolute Gasteiger partial charge is 0.494 e. The van der Waals surface area contributed by atoms with Crippen LogP contribution in [0.5, 0.6) is 5.75 Å². The Morgan fingerprint density at radius 3 is 2.56 bits per heavy atom. The van der Waals surface area contributed by atoms with Gasteiger partial charge in [0, 0.05) is 6.04 Å². The Bertz CT molecular complexity index is 334. The number of ether oxygens (including phenoxy) is 1. The summed E-state index contributed by atoms with van der Waals surface area (Å²) in [6, 6.07) is 8.42. The molecule has 2 nitrogen and oxygen atoms in total. The lowest BCUT2D eigenvalue weighted by Crippen LogP contribution is -2.25. The predicted octanol–water partition coefficient (Wildman–Crippen LogP) is 3.92. The van der Waals surface area contributed by atoms with Crippen LogP contribution in [-0.4, -0.2) is 12.6 Å². The topological polar surface area (TPSA) is 35.2 Å². The van der Waals surface area contributed by atoms with Gasteiger partial charge in [0.15, 0.2) is 0 Å². The quantitative estimate of drug-likeness (QED) is 0.758. The molecular formula is C16H27NO. The van der Waals surface area contributed by atoms with Gasteiger partial charge in [-0.05, 0) is 43.4 Å². The Hall–Kier alpha value is -1.02. The molecule has 0 fully saturated rings. The number of aryl methyl sites for hydroxylation is 1. The molecule has 0 amide bonds. The van der Waals surface area contributed by atoms with Gasteiger partial charge in [0.25, 0.3) is 0 Å². The van der Waals surface area contributed by atoms with Crippen molar-refractivity contribution < 1.29 is 4.74 Å². The molecule has 1 unspecified atom stereocenters. The molecule has 0 aliphatic rings. The molecule has 0 aliphatic heterocycles. The van der Waals surface area contributed by atoms with Gasteiger partial charge in [0.2, 0.25) is 0 Å². The molecule has 102 valence electrons. The van der Waals surface area contributed by atoms with Crippen LogP contribution in [0.15, 0.2) is 24.3 Å². The summed E-state index contributed by atoms with van der Waals surface area (Å²) in [5.74, 6) is 1.71. The molecule has 1 atom stereocenters. The zero-order valence-corrected chi connectivity index (χ0v) is 12.0. The number of nitrogens with two attached hydrogens (primary N) is 1. The third-order valence-corrected chi connectivity index (χ3v) is 3.54. The second-order valence-corrected chi connectivity index (χ2v) is 5.13. The van der Waals surface area contributed by atoms with Crippen LogP contribution in [0.2, 0.25) is 0 Å². The zero-order chi connectivity index (χ0) is 13.4. The van der Waals surface area contributed by atoms with Crippen molar-refractivity contribution in [1.29, 1.82) is 0 Å². The van der Waals surface area contributed by atoms with Crippen LogP contribution in [-0.2, 0) is 0 Å². The Labute approximate surface area is 112 Å². The number of benzene rings is 1. The molecule has 0 aliphatic carbocycles. The summed E-state index contributed by atoms with van der Waals surface area (Å²) < 4.78 is 5.73. The molecule has 1 aromatic carbocycles. The van der Waals surface area contributed by atoms with Crippen molar-refractivity contribution in [2.75, 3.05) is 6.61 Å². The lowest BCUT2D eigenvalue weighted by molar-refractivity contribution is 0.282. The Morgan fingerprint density at radius 2 is 1.94 bits per heavy atom. The number of hydrogen-bond donors (Lipinski definition) is 1. The summed E-state index contributed by atoms with van der Waals surface area (Å²) in [5, 5.41) is 0. The van der Waals surface area contributed by atoms with Gasteiger partial charge in [-0.15, -0.1) is 0 Å². The first kappa shape index (κ1) is 15.0. The van der Waals surface area contributed by atoms with Gasteiger partial charge in [-0.1, -0.05) is 38.8 Å². The van der Waals surface area contributed by atoms with Crippen LogP contribution in [0.25, 0.3) is 0 Å².